The lowest BCUT2D eigenvalue weighted by atomic mass is 9.62. The zero-order valence-electron chi connectivity index (χ0n) is 20.9. The molecule has 0 N–H and O–H groups in total. The van der Waals surface area contributed by atoms with Crippen LogP contribution in [0.3, 0.4) is 0 Å². The first-order valence-corrected chi connectivity index (χ1v) is 14.3. The maximum absolute atomic E-state index is 12.5. The van der Waals surface area contributed by atoms with Crippen molar-refractivity contribution in [3.63, 3.8) is 0 Å². The molecule has 0 amide bonds. The Balaban J connectivity index is 1.36. The lowest BCUT2D eigenvalue weighted by Crippen LogP contribution is -2.38. The Hall–Kier alpha value is -1.75. The largest absolute Gasteiger partial charge is 0.300 e. The number of aldehydes is 1. The first kappa shape index (κ1) is 24.9. The zero-order valence-corrected chi connectivity index (χ0v) is 22.5. The molecule has 1 saturated heterocycles. The maximum Gasteiger partial charge on any atom is 0.154 e. The van der Waals surface area contributed by atoms with Crippen molar-refractivity contribution in [1.29, 1.82) is 0 Å². The summed E-state index contributed by atoms with van der Waals surface area (Å²) in [6, 6.07) is 21.2. The predicted molar refractivity (Wildman–Crippen MR) is 145 cm³/mol. The van der Waals surface area contributed by atoms with Gasteiger partial charge in [-0.1, -0.05) is 89.1 Å². The number of benzene rings is 2. The molecule has 4 heteroatoms. The fraction of sp³-hybridized carbons (Fsp3) is 0.516. The molecular weight excluding hydrogens is 498 g/mol. The number of hydroxylamine groups is 2. The summed E-state index contributed by atoms with van der Waals surface area (Å²) in [5.74, 6) is 1.36. The van der Waals surface area contributed by atoms with Crippen molar-refractivity contribution in [3.8, 4) is 0 Å². The van der Waals surface area contributed by atoms with Crippen LogP contribution in [0, 0.1) is 17.3 Å². The molecule has 5 atom stereocenters. The van der Waals surface area contributed by atoms with Gasteiger partial charge in [0, 0.05) is 25.4 Å². The standard InChI is InChI=1S/C31H38BrNO2/c1-30-17-8-13-26(22-32)29(30)15-14-27(30)19-28-21-31(23-34,20-25-11-6-3-7-12-25)35-33(28)18-16-24-9-4-2-5-10-24/h2-7,9-12,22-23,27-29H,8,13-21H2,1H3/b26-22+/t27?,28?,29-,30+,31?/m0/s1. The van der Waals surface area contributed by atoms with Crippen LogP contribution in [-0.4, -0.2) is 29.5 Å². The van der Waals surface area contributed by atoms with Gasteiger partial charge in [-0.3, -0.25) is 4.84 Å². The molecule has 0 spiro atoms. The fourth-order valence-corrected chi connectivity index (χ4v) is 7.86. The summed E-state index contributed by atoms with van der Waals surface area (Å²) in [5.41, 5.74) is 3.67. The molecule has 2 saturated carbocycles. The first-order valence-electron chi connectivity index (χ1n) is 13.3. The minimum atomic E-state index is -0.769. The molecule has 3 aliphatic rings. The van der Waals surface area contributed by atoms with E-state index < -0.39 is 5.60 Å². The van der Waals surface area contributed by atoms with Gasteiger partial charge in [0.2, 0.25) is 0 Å². The van der Waals surface area contributed by atoms with Crippen LogP contribution in [0.25, 0.3) is 0 Å². The van der Waals surface area contributed by atoms with Crippen LogP contribution in [0.15, 0.2) is 71.2 Å². The molecule has 2 aromatic carbocycles. The zero-order chi connectivity index (χ0) is 24.3. The summed E-state index contributed by atoms with van der Waals surface area (Å²) in [4.78, 5) is 21.4. The Morgan fingerprint density at radius 2 is 1.77 bits per heavy atom. The van der Waals surface area contributed by atoms with Crippen LogP contribution in [0.2, 0.25) is 0 Å². The second-order valence-electron chi connectivity index (χ2n) is 11.3. The third kappa shape index (κ3) is 5.21. The lowest BCUT2D eigenvalue weighted by molar-refractivity contribution is -0.200. The molecule has 3 fully saturated rings. The van der Waals surface area contributed by atoms with Gasteiger partial charge in [-0.25, -0.2) is 0 Å². The third-order valence-corrected chi connectivity index (χ3v) is 9.76. The highest BCUT2D eigenvalue weighted by Gasteiger charge is 2.52. The molecule has 2 aromatic rings. The van der Waals surface area contributed by atoms with Crippen LogP contribution in [0.5, 0.6) is 0 Å². The monoisotopic (exact) mass is 535 g/mol. The second kappa shape index (κ2) is 10.7. The lowest BCUT2D eigenvalue weighted by Gasteiger charge is -2.43. The van der Waals surface area contributed by atoms with Gasteiger partial charge in [0.15, 0.2) is 11.9 Å². The second-order valence-corrected chi connectivity index (χ2v) is 11.7. The van der Waals surface area contributed by atoms with Gasteiger partial charge in [0.05, 0.1) is 0 Å². The van der Waals surface area contributed by atoms with Gasteiger partial charge < -0.3 is 4.79 Å². The van der Waals surface area contributed by atoms with Gasteiger partial charge in [-0.15, -0.1) is 0 Å². The quantitative estimate of drug-likeness (QED) is 0.332. The molecule has 0 radical (unpaired) electrons. The number of carbonyl (C=O) groups excluding carboxylic acids is 1. The van der Waals surface area contributed by atoms with E-state index in [4.69, 9.17) is 4.84 Å². The Bertz CT molecular complexity index is 1020. The fourth-order valence-electron chi connectivity index (χ4n) is 7.31. The smallest absolute Gasteiger partial charge is 0.154 e. The molecule has 35 heavy (non-hydrogen) atoms. The molecule has 186 valence electrons. The number of fused-ring (bicyclic) bond motifs is 1. The van der Waals surface area contributed by atoms with E-state index in [1.54, 1.807) is 5.57 Å². The molecule has 3 unspecified atom stereocenters. The molecule has 1 heterocycles. The minimum Gasteiger partial charge on any atom is -0.300 e. The van der Waals surface area contributed by atoms with Crippen molar-refractivity contribution >= 4 is 22.2 Å². The highest BCUT2D eigenvalue weighted by Crippen LogP contribution is 2.59. The van der Waals surface area contributed by atoms with Crippen LogP contribution in [-0.2, 0) is 22.5 Å². The Morgan fingerprint density at radius 3 is 2.46 bits per heavy atom. The van der Waals surface area contributed by atoms with E-state index in [-0.39, 0.29) is 6.04 Å². The van der Waals surface area contributed by atoms with E-state index in [0.717, 1.165) is 37.7 Å². The number of halogens is 1. The van der Waals surface area contributed by atoms with Crippen molar-refractivity contribution in [3.05, 3.63) is 82.3 Å². The molecule has 2 aliphatic carbocycles. The maximum atomic E-state index is 12.5. The highest BCUT2D eigenvalue weighted by atomic mass is 79.9. The van der Waals surface area contributed by atoms with E-state index in [0.29, 0.717) is 23.7 Å². The van der Waals surface area contributed by atoms with E-state index in [1.807, 2.05) is 18.2 Å². The van der Waals surface area contributed by atoms with E-state index in [1.165, 1.54) is 37.7 Å². The van der Waals surface area contributed by atoms with Gasteiger partial charge in [0.25, 0.3) is 0 Å². The number of rotatable bonds is 8. The number of allylic oxidation sites excluding steroid dienone is 1. The van der Waals surface area contributed by atoms with Crippen molar-refractivity contribution in [2.75, 3.05) is 6.54 Å². The van der Waals surface area contributed by atoms with Crippen molar-refractivity contribution < 1.29 is 9.63 Å². The average Bonchev–Trinajstić information content (AvgIpc) is 3.41. The van der Waals surface area contributed by atoms with Crippen LogP contribution in [0.4, 0.5) is 0 Å². The summed E-state index contributed by atoms with van der Waals surface area (Å²) < 4.78 is 0. The highest BCUT2D eigenvalue weighted by molar-refractivity contribution is 9.11. The van der Waals surface area contributed by atoms with Crippen LogP contribution >= 0.6 is 15.9 Å². The molecule has 3 nitrogen and oxygen atoms in total. The predicted octanol–water partition coefficient (Wildman–Crippen LogP) is 7.30. The van der Waals surface area contributed by atoms with Gasteiger partial charge in [-0.2, -0.15) is 5.06 Å². The Morgan fingerprint density at radius 1 is 1.06 bits per heavy atom. The topological polar surface area (TPSA) is 29.5 Å². The van der Waals surface area contributed by atoms with Crippen molar-refractivity contribution in [2.24, 2.45) is 17.3 Å². The molecule has 0 aromatic heterocycles. The minimum absolute atomic E-state index is 0.270. The summed E-state index contributed by atoms with van der Waals surface area (Å²) in [7, 11) is 0. The molecular formula is C31H38BrNO2. The number of hydrogen-bond donors (Lipinski definition) is 0. The van der Waals surface area contributed by atoms with Gasteiger partial charge in [-0.05, 0) is 78.3 Å². The van der Waals surface area contributed by atoms with Crippen molar-refractivity contribution in [1.82, 2.24) is 5.06 Å². The number of nitrogens with zero attached hydrogens (tertiary/aromatic N) is 1. The molecule has 0 bridgehead atoms. The summed E-state index contributed by atoms with van der Waals surface area (Å²) in [6.45, 7) is 3.35. The number of hydrogen-bond acceptors (Lipinski definition) is 3. The van der Waals surface area contributed by atoms with Gasteiger partial charge >= 0.3 is 0 Å². The van der Waals surface area contributed by atoms with E-state index in [2.05, 4.69) is 75.4 Å². The molecule has 5 rings (SSSR count). The summed E-state index contributed by atoms with van der Waals surface area (Å²) in [5, 5.41) is 2.19. The summed E-state index contributed by atoms with van der Waals surface area (Å²) >= 11 is 3.66. The van der Waals surface area contributed by atoms with Crippen molar-refractivity contribution in [2.45, 2.75) is 76.4 Å². The Kier molecular flexibility index (Phi) is 7.62. The van der Waals surface area contributed by atoms with Gasteiger partial charge in [0.1, 0.15) is 0 Å². The Labute approximate surface area is 219 Å². The first-order chi connectivity index (χ1) is 17.0. The van der Waals surface area contributed by atoms with Crippen LogP contribution in [0.1, 0.15) is 63.0 Å². The SMILES string of the molecule is C[C@]12CCC/C(=C\Br)[C@@H]1CCC2CC1CC(C=O)(Cc2ccccc2)ON1CCc1ccccc1. The van der Waals surface area contributed by atoms with E-state index >= 15 is 0 Å². The van der Waals surface area contributed by atoms with Crippen LogP contribution < -0.4 is 0 Å². The number of carbonyl (C=O) groups is 1. The normalized spacial score (nSPS) is 34.2. The third-order valence-electron chi connectivity index (χ3n) is 9.17. The molecule has 1 aliphatic heterocycles. The average molecular weight is 537 g/mol. The summed E-state index contributed by atoms with van der Waals surface area (Å²) in [6.07, 6.45) is 10.9. The van der Waals surface area contributed by atoms with E-state index in [9.17, 15) is 4.79 Å².